The molecule has 1 N–H and O–H groups in total. The Labute approximate surface area is 94.7 Å². The molecule has 3 heteroatoms. The van der Waals surface area contributed by atoms with Crippen LogP contribution in [-0.2, 0) is 16.0 Å². The van der Waals surface area contributed by atoms with Crippen LogP contribution in [0.5, 0.6) is 0 Å². The molecule has 1 rings (SSSR count). The van der Waals surface area contributed by atoms with Crippen LogP contribution < -0.4 is 0 Å². The van der Waals surface area contributed by atoms with Gasteiger partial charge in [0.2, 0.25) is 0 Å². The number of carboxylic acids is 1. The van der Waals surface area contributed by atoms with Crippen molar-refractivity contribution in [1.82, 2.24) is 0 Å². The first-order valence-electron chi connectivity index (χ1n) is 4.93. The van der Waals surface area contributed by atoms with Crippen LogP contribution in [0.4, 0.5) is 0 Å². The van der Waals surface area contributed by atoms with E-state index in [1.165, 1.54) is 6.26 Å². The second kappa shape index (κ2) is 6.45. The maximum atomic E-state index is 10.9. The predicted octanol–water partition coefficient (Wildman–Crippen LogP) is 2.40. The fraction of sp³-hybridized carbons (Fsp3) is 0.154. The molecule has 0 unspecified atom stereocenters. The first kappa shape index (κ1) is 12.0. The number of rotatable bonds is 6. The molecule has 0 saturated heterocycles. The van der Waals surface area contributed by atoms with Gasteiger partial charge >= 0.3 is 5.97 Å². The number of hydrogen-bond donors (Lipinski definition) is 1. The molecule has 0 heterocycles. The molecule has 1 aromatic carbocycles. The minimum atomic E-state index is -0.965. The van der Waals surface area contributed by atoms with Gasteiger partial charge in [0.15, 0.2) is 0 Å². The molecule has 0 aliphatic heterocycles. The molecular formula is C13H14O3. The van der Waals surface area contributed by atoms with Gasteiger partial charge in [0, 0.05) is 6.42 Å². The highest BCUT2D eigenvalue weighted by Gasteiger charge is 2.08. The predicted molar refractivity (Wildman–Crippen MR) is 62.0 cm³/mol. The van der Waals surface area contributed by atoms with Crippen molar-refractivity contribution in [2.24, 2.45) is 0 Å². The average molecular weight is 218 g/mol. The molecule has 0 atom stereocenters. The van der Waals surface area contributed by atoms with Gasteiger partial charge in [0.25, 0.3) is 0 Å². The van der Waals surface area contributed by atoms with Gasteiger partial charge in [-0.2, -0.15) is 0 Å². The van der Waals surface area contributed by atoms with Crippen molar-refractivity contribution in [2.45, 2.75) is 6.42 Å². The summed E-state index contributed by atoms with van der Waals surface area (Å²) in [5.41, 5.74) is 1.17. The highest BCUT2D eigenvalue weighted by molar-refractivity contribution is 5.86. The van der Waals surface area contributed by atoms with Crippen LogP contribution in [0.3, 0.4) is 0 Å². The average Bonchev–Trinajstić information content (AvgIpc) is 2.29. The molecule has 0 spiro atoms. The zero-order chi connectivity index (χ0) is 11.8. The van der Waals surface area contributed by atoms with Gasteiger partial charge in [0.1, 0.15) is 6.61 Å². The van der Waals surface area contributed by atoms with E-state index >= 15 is 0 Å². The Morgan fingerprint density at radius 1 is 1.38 bits per heavy atom. The Morgan fingerprint density at radius 2 is 2.06 bits per heavy atom. The molecule has 0 aliphatic rings. The molecule has 3 nitrogen and oxygen atoms in total. The summed E-state index contributed by atoms with van der Waals surface area (Å²) in [6.45, 7) is 3.80. The summed E-state index contributed by atoms with van der Waals surface area (Å²) in [5, 5.41) is 8.96. The quantitative estimate of drug-likeness (QED) is 0.345. The molecule has 16 heavy (non-hydrogen) atoms. The Bertz CT molecular complexity index is 379. The van der Waals surface area contributed by atoms with Gasteiger partial charge in [-0.05, 0) is 5.56 Å². The van der Waals surface area contributed by atoms with Crippen LogP contribution in [0.25, 0.3) is 0 Å². The molecule has 84 valence electrons. The van der Waals surface area contributed by atoms with E-state index in [-0.39, 0.29) is 5.57 Å². The van der Waals surface area contributed by atoms with E-state index < -0.39 is 5.97 Å². The summed E-state index contributed by atoms with van der Waals surface area (Å²) in [4.78, 5) is 10.9. The lowest BCUT2D eigenvalue weighted by Gasteiger charge is -2.03. The van der Waals surface area contributed by atoms with Gasteiger partial charge in [-0.15, -0.1) is 0 Å². The van der Waals surface area contributed by atoms with E-state index in [0.717, 1.165) is 5.56 Å². The zero-order valence-electron chi connectivity index (χ0n) is 8.93. The molecule has 0 aromatic heterocycles. The minimum absolute atomic E-state index is 0.230. The second-order valence-electron chi connectivity index (χ2n) is 3.23. The SMILES string of the molecule is C=CCOC=C(Cc1ccccc1)C(=O)O. The van der Waals surface area contributed by atoms with E-state index in [2.05, 4.69) is 6.58 Å². The molecule has 0 amide bonds. The Hall–Kier alpha value is -2.03. The normalized spacial score (nSPS) is 10.9. The van der Waals surface area contributed by atoms with Crippen LogP contribution in [0.2, 0.25) is 0 Å². The number of benzene rings is 1. The molecule has 0 bridgehead atoms. The van der Waals surface area contributed by atoms with Crippen molar-refractivity contribution in [1.29, 1.82) is 0 Å². The summed E-state index contributed by atoms with van der Waals surface area (Å²) >= 11 is 0. The lowest BCUT2D eigenvalue weighted by atomic mass is 10.1. The molecule has 0 radical (unpaired) electrons. The van der Waals surface area contributed by atoms with Gasteiger partial charge in [-0.25, -0.2) is 4.79 Å². The first-order valence-corrected chi connectivity index (χ1v) is 4.93. The van der Waals surface area contributed by atoms with Crippen LogP contribution in [0.15, 0.2) is 54.8 Å². The van der Waals surface area contributed by atoms with Crippen molar-refractivity contribution >= 4 is 5.97 Å². The monoisotopic (exact) mass is 218 g/mol. The minimum Gasteiger partial charge on any atom is -0.497 e. The number of ether oxygens (including phenoxy) is 1. The van der Waals surface area contributed by atoms with E-state index in [0.29, 0.717) is 13.0 Å². The van der Waals surface area contributed by atoms with Crippen molar-refractivity contribution in [3.63, 3.8) is 0 Å². The van der Waals surface area contributed by atoms with Gasteiger partial charge in [-0.3, -0.25) is 0 Å². The molecule has 0 fully saturated rings. The van der Waals surface area contributed by atoms with Gasteiger partial charge < -0.3 is 9.84 Å². The van der Waals surface area contributed by atoms with Crippen LogP contribution in [0, 0.1) is 0 Å². The fourth-order valence-electron chi connectivity index (χ4n) is 1.20. The zero-order valence-corrected chi connectivity index (χ0v) is 8.93. The van der Waals surface area contributed by atoms with Crippen LogP contribution >= 0.6 is 0 Å². The van der Waals surface area contributed by atoms with Crippen LogP contribution in [0.1, 0.15) is 5.56 Å². The second-order valence-corrected chi connectivity index (χ2v) is 3.23. The Balaban J connectivity index is 2.68. The number of carboxylic acid groups (broad SMARTS) is 1. The van der Waals surface area contributed by atoms with Crippen molar-refractivity contribution in [2.75, 3.05) is 6.61 Å². The number of hydrogen-bond acceptors (Lipinski definition) is 2. The van der Waals surface area contributed by atoms with Gasteiger partial charge in [-0.1, -0.05) is 43.0 Å². The summed E-state index contributed by atoms with van der Waals surface area (Å²) in [5.74, 6) is -0.965. The third kappa shape index (κ3) is 4.00. The third-order valence-electron chi connectivity index (χ3n) is 1.95. The van der Waals surface area contributed by atoms with Gasteiger partial charge in [0.05, 0.1) is 11.8 Å². The fourth-order valence-corrected chi connectivity index (χ4v) is 1.20. The number of aliphatic carboxylic acids is 1. The summed E-state index contributed by atoms with van der Waals surface area (Å²) < 4.78 is 5.02. The van der Waals surface area contributed by atoms with E-state index in [1.807, 2.05) is 30.3 Å². The molecule has 0 saturated carbocycles. The largest absolute Gasteiger partial charge is 0.497 e. The smallest absolute Gasteiger partial charge is 0.335 e. The molecular weight excluding hydrogens is 204 g/mol. The Morgan fingerprint density at radius 3 is 2.62 bits per heavy atom. The lowest BCUT2D eigenvalue weighted by Crippen LogP contribution is -2.04. The first-order chi connectivity index (χ1) is 7.74. The maximum Gasteiger partial charge on any atom is 0.335 e. The molecule has 0 aliphatic carbocycles. The highest BCUT2D eigenvalue weighted by atomic mass is 16.5. The summed E-state index contributed by atoms with van der Waals surface area (Å²) in [7, 11) is 0. The van der Waals surface area contributed by atoms with Crippen molar-refractivity contribution < 1.29 is 14.6 Å². The van der Waals surface area contributed by atoms with E-state index in [1.54, 1.807) is 6.08 Å². The molecule has 1 aromatic rings. The standard InChI is InChI=1S/C13H14O3/c1-2-8-16-10-12(13(14)15)9-11-6-4-3-5-7-11/h2-7,10H,1,8-9H2,(H,14,15). The van der Waals surface area contributed by atoms with Crippen LogP contribution in [-0.4, -0.2) is 17.7 Å². The topological polar surface area (TPSA) is 46.5 Å². The highest BCUT2D eigenvalue weighted by Crippen LogP contribution is 2.08. The third-order valence-corrected chi connectivity index (χ3v) is 1.95. The maximum absolute atomic E-state index is 10.9. The van der Waals surface area contributed by atoms with Crippen molar-refractivity contribution in [3.8, 4) is 0 Å². The number of carbonyl (C=O) groups is 1. The van der Waals surface area contributed by atoms with Crippen molar-refractivity contribution in [3.05, 3.63) is 60.4 Å². The lowest BCUT2D eigenvalue weighted by molar-refractivity contribution is -0.132. The van der Waals surface area contributed by atoms with E-state index in [9.17, 15) is 4.79 Å². The summed E-state index contributed by atoms with van der Waals surface area (Å²) in [6.07, 6.45) is 3.20. The van der Waals surface area contributed by atoms with E-state index in [4.69, 9.17) is 9.84 Å². The Kier molecular flexibility index (Phi) is 4.86. The summed E-state index contributed by atoms with van der Waals surface area (Å²) in [6, 6.07) is 9.40.